The third kappa shape index (κ3) is 8.78. The molecule has 49 heavy (non-hydrogen) atoms. The average molecular weight is 692 g/mol. The molecule has 6 rings (SSSR count). The van der Waals surface area contributed by atoms with Crippen LogP contribution in [0.1, 0.15) is 56.9 Å². The molecule has 3 fully saturated rings. The zero-order chi connectivity index (χ0) is 34.3. The Hall–Kier alpha value is -3.58. The van der Waals surface area contributed by atoms with Crippen LogP contribution in [0.4, 0.5) is 5.69 Å². The smallest absolute Gasteiger partial charge is 0.243 e. The van der Waals surface area contributed by atoms with Gasteiger partial charge in [-0.25, -0.2) is 8.42 Å². The van der Waals surface area contributed by atoms with E-state index in [1.54, 1.807) is 18.2 Å². The molecule has 0 aromatic heterocycles. The second kappa shape index (κ2) is 16.0. The van der Waals surface area contributed by atoms with Gasteiger partial charge in [-0.1, -0.05) is 55.0 Å². The van der Waals surface area contributed by atoms with Crippen LogP contribution in [0.5, 0.6) is 0 Å². The van der Waals surface area contributed by atoms with E-state index < -0.39 is 21.5 Å². The number of nitrogens with zero attached hydrogens (tertiary/aromatic N) is 2. The molecule has 0 bridgehead atoms. The summed E-state index contributed by atoms with van der Waals surface area (Å²) in [6.07, 6.45) is 10.5. The Morgan fingerprint density at radius 1 is 0.939 bits per heavy atom. The first kappa shape index (κ1) is 35.3. The number of rotatable bonds is 7. The number of amides is 3. The molecule has 2 aromatic carbocycles. The Labute approximate surface area is 289 Å². The summed E-state index contributed by atoms with van der Waals surface area (Å²) in [5, 5.41) is 9.32. The van der Waals surface area contributed by atoms with Gasteiger partial charge >= 0.3 is 0 Å². The number of piperidine rings is 2. The van der Waals surface area contributed by atoms with E-state index in [1.165, 1.54) is 10.4 Å². The molecule has 4 aliphatic heterocycles. The predicted molar refractivity (Wildman–Crippen MR) is 187 cm³/mol. The summed E-state index contributed by atoms with van der Waals surface area (Å²) in [6.45, 7) is 3.43. The number of sulfonamides is 1. The van der Waals surface area contributed by atoms with Crippen LogP contribution in [0, 0.1) is 11.3 Å². The quantitative estimate of drug-likeness (QED) is 0.379. The third-order valence-electron chi connectivity index (χ3n) is 10.5. The first-order valence-corrected chi connectivity index (χ1v) is 19.2. The second-order valence-electron chi connectivity index (χ2n) is 14.0. The van der Waals surface area contributed by atoms with Crippen molar-refractivity contribution in [2.75, 3.05) is 51.3 Å². The molecule has 12 heteroatoms. The number of hydrogen-bond acceptors (Lipinski definition) is 7. The minimum Gasteiger partial charge on any atom is -0.381 e. The van der Waals surface area contributed by atoms with E-state index in [4.69, 9.17) is 4.74 Å². The van der Waals surface area contributed by atoms with Gasteiger partial charge < -0.3 is 20.7 Å². The lowest BCUT2D eigenvalue weighted by molar-refractivity contribution is -0.140. The molecule has 264 valence electrons. The molecule has 0 aliphatic carbocycles. The number of nitrogens with one attached hydrogen (secondary N) is 3. The van der Waals surface area contributed by atoms with Crippen LogP contribution in [-0.2, 0) is 35.6 Å². The Kier molecular flexibility index (Phi) is 11.5. The van der Waals surface area contributed by atoms with Crippen LogP contribution in [0.25, 0.3) is 0 Å². The maximum atomic E-state index is 13.9. The molecule has 0 saturated carbocycles. The van der Waals surface area contributed by atoms with Crippen molar-refractivity contribution in [3.63, 3.8) is 0 Å². The second-order valence-corrected chi connectivity index (χ2v) is 15.9. The number of carbonyl (C=O) groups excluding carboxylic acids is 3. The number of ether oxygens (including phenoxy) is 1. The average Bonchev–Trinajstić information content (AvgIpc) is 3.11. The van der Waals surface area contributed by atoms with Crippen molar-refractivity contribution < 1.29 is 27.5 Å². The van der Waals surface area contributed by atoms with Crippen molar-refractivity contribution in [1.29, 1.82) is 0 Å². The fraction of sp³-hybridized carbons (Fsp3) is 0.541. The number of allylic oxidation sites excluding steroid dienone is 2. The lowest BCUT2D eigenvalue weighted by atomic mass is 9.75. The lowest BCUT2D eigenvalue weighted by Crippen LogP contribution is -2.58. The summed E-state index contributed by atoms with van der Waals surface area (Å²) in [5.74, 6) is -0.433. The monoisotopic (exact) mass is 691 g/mol. The van der Waals surface area contributed by atoms with E-state index >= 15 is 0 Å². The Morgan fingerprint density at radius 3 is 2.49 bits per heavy atom. The molecular formula is C37H49N5O6S. The molecule has 0 radical (unpaired) electrons. The maximum Gasteiger partial charge on any atom is 0.243 e. The number of anilines is 1. The van der Waals surface area contributed by atoms with E-state index in [0.29, 0.717) is 83.6 Å². The number of carbonyl (C=O) groups is 3. The molecule has 4 heterocycles. The van der Waals surface area contributed by atoms with Gasteiger partial charge in [-0.15, -0.1) is 0 Å². The Morgan fingerprint density at radius 2 is 1.71 bits per heavy atom. The third-order valence-corrected chi connectivity index (χ3v) is 12.4. The first-order valence-electron chi connectivity index (χ1n) is 17.7. The summed E-state index contributed by atoms with van der Waals surface area (Å²) in [6, 6.07) is 15.4. The minimum atomic E-state index is -3.61. The summed E-state index contributed by atoms with van der Waals surface area (Å²) in [7, 11) is -3.61. The molecule has 3 amide bonds. The van der Waals surface area contributed by atoms with E-state index in [2.05, 4.69) is 33.0 Å². The van der Waals surface area contributed by atoms with Crippen LogP contribution in [0.3, 0.4) is 0 Å². The van der Waals surface area contributed by atoms with Crippen molar-refractivity contribution in [2.45, 2.75) is 74.8 Å². The van der Waals surface area contributed by atoms with E-state index in [9.17, 15) is 22.8 Å². The first-order chi connectivity index (χ1) is 23.7. The SMILES string of the molecule is O=C(CN1CC[C@@H]2NC(=O)[C@@H](Cc3ccccc3)NC(=O)C3(C/C=C/C[C@@H]2C1)CCOCC3)Nc1cccc(S(=O)(=O)N2CCCCC2)c1. The van der Waals surface area contributed by atoms with Gasteiger partial charge in [0, 0.05) is 57.5 Å². The van der Waals surface area contributed by atoms with Crippen molar-refractivity contribution in [3.05, 3.63) is 72.3 Å². The van der Waals surface area contributed by atoms with Gasteiger partial charge in [0.1, 0.15) is 6.04 Å². The van der Waals surface area contributed by atoms with E-state index in [-0.39, 0.29) is 41.1 Å². The van der Waals surface area contributed by atoms with Gasteiger partial charge in [-0.2, -0.15) is 4.31 Å². The van der Waals surface area contributed by atoms with Crippen LogP contribution < -0.4 is 16.0 Å². The zero-order valence-corrected chi connectivity index (χ0v) is 29.0. The topological polar surface area (TPSA) is 137 Å². The Bertz CT molecular complexity index is 1600. The van der Waals surface area contributed by atoms with Gasteiger partial charge in [0.25, 0.3) is 0 Å². The highest BCUT2D eigenvalue weighted by Gasteiger charge is 2.41. The molecular weight excluding hydrogens is 643 g/mol. The number of benzene rings is 2. The van der Waals surface area contributed by atoms with Crippen molar-refractivity contribution in [3.8, 4) is 0 Å². The fourth-order valence-corrected chi connectivity index (χ4v) is 9.16. The normalized spacial score (nSPS) is 26.3. The number of likely N-dealkylation sites (tertiary alicyclic amines) is 1. The molecule has 3 saturated heterocycles. The minimum absolute atomic E-state index is 0.0675. The largest absolute Gasteiger partial charge is 0.381 e. The van der Waals surface area contributed by atoms with E-state index in [0.717, 1.165) is 24.8 Å². The molecule has 4 aliphatic rings. The van der Waals surface area contributed by atoms with Gasteiger partial charge in [-0.3, -0.25) is 19.3 Å². The van der Waals surface area contributed by atoms with Crippen LogP contribution in [0.15, 0.2) is 71.6 Å². The summed E-state index contributed by atoms with van der Waals surface area (Å²) >= 11 is 0. The standard InChI is InChI=1S/C37H49N5O6S/c43-34(38-30-13-9-14-31(25-30)49(46,47)42-19-7-2-8-20-42)27-41-21-15-32-29(26-41)12-5-6-16-37(17-22-48-23-18-37)36(45)40-33(35(44)39-32)24-28-10-3-1-4-11-28/h1,3-6,9-11,13-14,25,29,32-33H,2,7-8,12,15-24,26-27H2,(H,38,43)(H,39,44)(H,40,45)/b6-5+/t29-,32+,33-/m1/s1. The molecule has 1 spiro atoms. The number of fused-ring (bicyclic) bond motifs is 1. The fourth-order valence-electron chi connectivity index (χ4n) is 7.59. The van der Waals surface area contributed by atoms with Crippen LogP contribution in [0.2, 0.25) is 0 Å². The zero-order valence-electron chi connectivity index (χ0n) is 28.1. The van der Waals surface area contributed by atoms with Gasteiger partial charge in [0.05, 0.1) is 16.9 Å². The van der Waals surface area contributed by atoms with Crippen molar-refractivity contribution in [1.82, 2.24) is 19.8 Å². The highest BCUT2D eigenvalue weighted by molar-refractivity contribution is 7.89. The highest BCUT2D eigenvalue weighted by Crippen LogP contribution is 2.36. The lowest BCUT2D eigenvalue weighted by Gasteiger charge is -2.40. The predicted octanol–water partition coefficient (Wildman–Crippen LogP) is 3.48. The van der Waals surface area contributed by atoms with Crippen molar-refractivity contribution in [2.24, 2.45) is 11.3 Å². The van der Waals surface area contributed by atoms with Gasteiger partial charge in [-0.05, 0) is 74.6 Å². The number of hydrogen-bond donors (Lipinski definition) is 3. The van der Waals surface area contributed by atoms with E-state index in [1.807, 2.05) is 30.3 Å². The maximum absolute atomic E-state index is 13.9. The molecule has 0 unspecified atom stereocenters. The molecule has 3 atom stereocenters. The molecule has 11 nitrogen and oxygen atoms in total. The van der Waals surface area contributed by atoms with Crippen LogP contribution >= 0.6 is 0 Å². The summed E-state index contributed by atoms with van der Waals surface area (Å²) in [5.41, 5.74) is 0.805. The van der Waals surface area contributed by atoms with Gasteiger partial charge in [0.15, 0.2) is 0 Å². The van der Waals surface area contributed by atoms with Crippen molar-refractivity contribution >= 4 is 33.4 Å². The van der Waals surface area contributed by atoms with Gasteiger partial charge in [0.2, 0.25) is 27.7 Å². The highest BCUT2D eigenvalue weighted by atomic mass is 32.2. The Balaban J connectivity index is 1.13. The molecule has 2 aromatic rings. The molecule has 3 N–H and O–H groups in total. The summed E-state index contributed by atoms with van der Waals surface area (Å²) < 4.78 is 33.5. The summed E-state index contributed by atoms with van der Waals surface area (Å²) in [4.78, 5) is 43.2. The van der Waals surface area contributed by atoms with Crippen LogP contribution in [-0.4, -0.2) is 93.4 Å².